The van der Waals surface area contributed by atoms with Crippen molar-refractivity contribution in [2.75, 3.05) is 0 Å². The maximum Gasteiger partial charge on any atom is 0.534 e. The van der Waals surface area contributed by atoms with Gasteiger partial charge in [-0.3, -0.25) is 0 Å². The van der Waals surface area contributed by atoms with E-state index in [1.54, 1.807) is 0 Å². The van der Waals surface area contributed by atoms with E-state index in [-0.39, 0.29) is 17.1 Å². The average molecular weight is 407 g/mol. The molecular formula is C20H29F3O3S. The van der Waals surface area contributed by atoms with Gasteiger partial charge in [0.2, 0.25) is 0 Å². The minimum absolute atomic E-state index is 0.0795. The van der Waals surface area contributed by atoms with Crippen LogP contribution in [0.1, 0.15) is 66.2 Å². The molecule has 5 atom stereocenters. The Bertz CT molecular complexity index is 768. The van der Waals surface area contributed by atoms with Crippen molar-refractivity contribution in [1.29, 1.82) is 0 Å². The first-order chi connectivity index (χ1) is 12.4. The molecule has 0 aromatic heterocycles. The van der Waals surface area contributed by atoms with Crippen LogP contribution in [0.4, 0.5) is 13.2 Å². The lowest BCUT2D eigenvalue weighted by Crippen LogP contribution is -2.48. The van der Waals surface area contributed by atoms with Crippen molar-refractivity contribution in [1.82, 2.24) is 0 Å². The minimum atomic E-state index is -5.64. The molecule has 7 heteroatoms. The third-order valence-electron chi connectivity index (χ3n) is 7.78. The molecule has 154 valence electrons. The molecule has 0 N–H and O–H groups in total. The van der Waals surface area contributed by atoms with Crippen molar-refractivity contribution in [3.8, 4) is 0 Å². The number of halogens is 3. The smallest absolute Gasteiger partial charge is 0.380 e. The van der Waals surface area contributed by atoms with Gasteiger partial charge < -0.3 is 4.18 Å². The van der Waals surface area contributed by atoms with Gasteiger partial charge in [0.05, 0.1) is 0 Å². The standard InChI is InChI=1S/C20H29F3O3S/c1-5-13-7-8-14-15-9-10-17(26-27(24,25)20(21,22)23)19(15,4)12-11-16(14)18(13,3)6-2/h9-10,13-14,16H,5-8,11-12H2,1-4H3/t13-,14+,16+,18+,19+/m1/s1. The van der Waals surface area contributed by atoms with E-state index in [0.29, 0.717) is 18.3 Å². The predicted molar refractivity (Wildman–Crippen MR) is 98.0 cm³/mol. The van der Waals surface area contributed by atoms with E-state index in [1.807, 2.05) is 13.0 Å². The van der Waals surface area contributed by atoms with E-state index < -0.39 is 21.0 Å². The maximum absolute atomic E-state index is 12.8. The molecule has 3 nitrogen and oxygen atoms in total. The van der Waals surface area contributed by atoms with Crippen LogP contribution < -0.4 is 0 Å². The van der Waals surface area contributed by atoms with Gasteiger partial charge in [-0.05, 0) is 61.9 Å². The quantitative estimate of drug-likeness (QED) is 0.428. The summed E-state index contributed by atoms with van der Waals surface area (Å²) >= 11 is 0. The molecule has 3 rings (SSSR count). The van der Waals surface area contributed by atoms with Gasteiger partial charge in [-0.2, -0.15) is 21.6 Å². The molecule has 3 aliphatic carbocycles. The van der Waals surface area contributed by atoms with Crippen molar-refractivity contribution >= 4 is 10.1 Å². The zero-order valence-electron chi connectivity index (χ0n) is 16.4. The van der Waals surface area contributed by atoms with E-state index in [1.165, 1.54) is 6.08 Å². The highest BCUT2D eigenvalue weighted by Crippen LogP contribution is 2.63. The Morgan fingerprint density at radius 3 is 2.37 bits per heavy atom. The highest BCUT2D eigenvalue weighted by Gasteiger charge is 2.57. The van der Waals surface area contributed by atoms with Crippen molar-refractivity contribution in [2.24, 2.45) is 28.6 Å². The molecule has 0 saturated heterocycles. The summed E-state index contributed by atoms with van der Waals surface area (Å²) in [4.78, 5) is 0. The van der Waals surface area contributed by atoms with E-state index in [2.05, 4.69) is 25.0 Å². The summed E-state index contributed by atoms with van der Waals surface area (Å²) < 4.78 is 66.0. The van der Waals surface area contributed by atoms with Gasteiger partial charge in [-0.1, -0.05) is 45.3 Å². The predicted octanol–water partition coefficient (Wildman–Crippen LogP) is 5.95. The van der Waals surface area contributed by atoms with Crippen molar-refractivity contribution in [3.05, 3.63) is 23.5 Å². The van der Waals surface area contributed by atoms with Crippen LogP contribution in [0.15, 0.2) is 23.5 Å². The number of alkyl halides is 3. The first-order valence-corrected chi connectivity index (χ1v) is 11.2. The first-order valence-electron chi connectivity index (χ1n) is 9.84. The van der Waals surface area contributed by atoms with Crippen LogP contribution in [0.2, 0.25) is 0 Å². The minimum Gasteiger partial charge on any atom is -0.380 e. The van der Waals surface area contributed by atoms with E-state index in [9.17, 15) is 21.6 Å². The largest absolute Gasteiger partial charge is 0.534 e. The SMILES string of the molecule is CC[C@@H]1CC[C@H]2C3=CC=C(OS(=O)(=O)C(F)(F)F)[C@@]3(C)CC[C@@H]2[C@@]1(C)CC. The van der Waals surface area contributed by atoms with Crippen LogP contribution in [0.3, 0.4) is 0 Å². The molecule has 0 aliphatic heterocycles. The maximum atomic E-state index is 12.8. The fourth-order valence-corrected chi connectivity index (χ4v) is 6.57. The molecule has 0 unspecified atom stereocenters. The van der Waals surface area contributed by atoms with Crippen LogP contribution in [0, 0.1) is 28.6 Å². The molecule has 0 aromatic carbocycles. The van der Waals surface area contributed by atoms with Crippen LogP contribution >= 0.6 is 0 Å². The summed E-state index contributed by atoms with van der Waals surface area (Å²) in [7, 11) is -5.64. The van der Waals surface area contributed by atoms with Crippen molar-refractivity contribution < 1.29 is 25.8 Å². The first kappa shape index (κ1) is 20.7. The zero-order chi connectivity index (χ0) is 20.3. The highest BCUT2D eigenvalue weighted by atomic mass is 32.2. The number of allylic oxidation sites excluding steroid dienone is 3. The number of hydrogen-bond donors (Lipinski definition) is 0. The Kier molecular flexibility index (Phi) is 5.02. The van der Waals surface area contributed by atoms with Crippen LogP contribution in [-0.4, -0.2) is 13.9 Å². The Morgan fingerprint density at radius 1 is 1.15 bits per heavy atom. The molecule has 3 aliphatic rings. The second kappa shape index (κ2) is 6.53. The molecule has 0 aromatic rings. The molecule has 0 bridgehead atoms. The summed E-state index contributed by atoms with van der Waals surface area (Å²) in [6.07, 6.45) is 9.09. The number of rotatable bonds is 4. The molecular weight excluding hydrogens is 377 g/mol. The third-order valence-corrected chi connectivity index (χ3v) is 8.75. The average Bonchev–Trinajstić information content (AvgIpc) is 2.90. The van der Waals surface area contributed by atoms with Crippen molar-refractivity contribution in [2.45, 2.75) is 71.7 Å². The Morgan fingerprint density at radius 2 is 1.81 bits per heavy atom. The van der Waals surface area contributed by atoms with Crippen LogP contribution in [-0.2, 0) is 14.3 Å². The summed E-state index contributed by atoms with van der Waals surface area (Å²) in [5, 5.41) is 0. The van der Waals surface area contributed by atoms with Gasteiger partial charge >= 0.3 is 15.6 Å². The van der Waals surface area contributed by atoms with E-state index >= 15 is 0 Å². The van der Waals surface area contributed by atoms with Crippen LogP contribution in [0.25, 0.3) is 0 Å². The van der Waals surface area contributed by atoms with Gasteiger partial charge in [0.15, 0.2) is 0 Å². The molecule has 0 radical (unpaired) electrons. The molecule has 0 spiro atoms. The van der Waals surface area contributed by atoms with Gasteiger partial charge in [0, 0.05) is 5.41 Å². The zero-order valence-corrected chi connectivity index (χ0v) is 17.2. The van der Waals surface area contributed by atoms with Gasteiger partial charge in [0.25, 0.3) is 0 Å². The summed E-state index contributed by atoms with van der Waals surface area (Å²) in [5.74, 6) is 1.34. The number of fused-ring (bicyclic) bond motifs is 3. The lowest BCUT2D eigenvalue weighted by atomic mass is 9.48. The van der Waals surface area contributed by atoms with E-state index in [0.717, 1.165) is 37.7 Å². The lowest BCUT2D eigenvalue weighted by molar-refractivity contribution is -0.0545. The van der Waals surface area contributed by atoms with Gasteiger partial charge in [-0.25, -0.2) is 0 Å². The Labute approximate surface area is 160 Å². The molecule has 0 heterocycles. The number of hydrogen-bond acceptors (Lipinski definition) is 3. The van der Waals surface area contributed by atoms with E-state index in [4.69, 9.17) is 0 Å². The molecule has 27 heavy (non-hydrogen) atoms. The third kappa shape index (κ3) is 3.04. The second-order valence-electron chi connectivity index (χ2n) is 8.76. The molecule has 2 saturated carbocycles. The molecule has 2 fully saturated rings. The highest BCUT2D eigenvalue weighted by molar-refractivity contribution is 7.87. The normalized spacial score (nSPS) is 39.3. The summed E-state index contributed by atoms with van der Waals surface area (Å²) in [5.41, 5.74) is -4.90. The topological polar surface area (TPSA) is 43.4 Å². The van der Waals surface area contributed by atoms with Gasteiger partial charge in [-0.15, -0.1) is 0 Å². The monoisotopic (exact) mass is 406 g/mol. The Hall–Kier alpha value is -0.980. The summed E-state index contributed by atoms with van der Waals surface area (Å²) in [6.45, 7) is 8.64. The fourth-order valence-electron chi connectivity index (χ4n) is 6.00. The molecule has 0 amide bonds. The van der Waals surface area contributed by atoms with Crippen LogP contribution in [0.5, 0.6) is 0 Å². The summed E-state index contributed by atoms with van der Waals surface area (Å²) in [6, 6.07) is 0. The Balaban J connectivity index is 1.88. The van der Waals surface area contributed by atoms with Gasteiger partial charge in [0.1, 0.15) is 5.76 Å². The fraction of sp³-hybridized carbons (Fsp3) is 0.800. The lowest BCUT2D eigenvalue weighted by Gasteiger charge is -2.56. The van der Waals surface area contributed by atoms with Crippen molar-refractivity contribution in [3.63, 3.8) is 0 Å². The second-order valence-corrected chi connectivity index (χ2v) is 10.3.